The summed E-state index contributed by atoms with van der Waals surface area (Å²) in [4.78, 5) is 10.5. The van der Waals surface area contributed by atoms with Gasteiger partial charge in [0.1, 0.15) is 6.61 Å². The van der Waals surface area contributed by atoms with E-state index in [0.717, 1.165) is 18.9 Å². The molecule has 11 heavy (non-hydrogen) atoms. The lowest BCUT2D eigenvalue weighted by molar-refractivity contribution is -0.136. The van der Waals surface area contributed by atoms with Gasteiger partial charge in [0, 0.05) is 6.08 Å². The molecule has 0 aromatic carbocycles. The van der Waals surface area contributed by atoms with Crippen molar-refractivity contribution >= 4 is 5.97 Å². The molecule has 0 aromatic rings. The standard InChI is InChI=1S/C9H14O2/c1-3-5-6-7-8-11-9(10)4-2/h4,6-7H,2-3,5,8H2,1H3/b7-6+. The van der Waals surface area contributed by atoms with Crippen LogP contribution in [0.4, 0.5) is 0 Å². The highest BCUT2D eigenvalue weighted by Gasteiger charge is 1.89. The van der Waals surface area contributed by atoms with Crippen LogP contribution in [0.25, 0.3) is 0 Å². The third kappa shape index (κ3) is 6.84. The predicted molar refractivity (Wildman–Crippen MR) is 45.2 cm³/mol. The first-order chi connectivity index (χ1) is 5.31. The van der Waals surface area contributed by atoms with Gasteiger partial charge >= 0.3 is 5.97 Å². The zero-order valence-electron chi connectivity index (χ0n) is 6.88. The van der Waals surface area contributed by atoms with Crippen molar-refractivity contribution in [2.45, 2.75) is 19.8 Å². The van der Waals surface area contributed by atoms with Crippen molar-refractivity contribution in [1.29, 1.82) is 0 Å². The molecule has 0 aromatic heterocycles. The molecule has 0 saturated carbocycles. The van der Waals surface area contributed by atoms with Gasteiger partial charge in [0.05, 0.1) is 0 Å². The maximum Gasteiger partial charge on any atom is 0.330 e. The van der Waals surface area contributed by atoms with Crippen molar-refractivity contribution in [2.75, 3.05) is 6.61 Å². The molecule has 0 amide bonds. The van der Waals surface area contributed by atoms with Gasteiger partial charge in [-0.2, -0.15) is 0 Å². The van der Waals surface area contributed by atoms with E-state index in [2.05, 4.69) is 13.5 Å². The number of carbonyl (C=O) groups is 1. The highest BCUT2D eigenvalue weighted by atomic mass is 16.5. The summed E-state index contributed by atoms with van der Waals surface area (Å²) < 4.78 is 4.69. The van der Waals surface area contributed by atoms with E-state index in [9.17, 15) is 4.79 Å². The molecule has 0 aliphatic carbocycles. The number of allylic oxidation sites excluding steroid dienone is 1. The van der Waals surface area contributed by atoms with Crippen LogP contribution in [0.1, 0.15) is 19.8 Å². The van der Waals surface area contributed by atoms with Crippen LogP contribution in [-0.4, -0.2) is 12.6 Å². The summed E-state index contributed by atoms with van der Waals surface area (Å²) in [5.74, 6) is -0.369. The van der Waals surface area contributed by atoms with Crippen LogP contribution in [-0.2, 0) is 9.53 Å². The maximum absolute atomic E-state index is 10.5. The van der Waals surface area contributed by atoms with E-state index in [1.165, 1.54) is 0 Å². The summed E-state index contributed by atoms with van der Waals surface area (Å²) in [7, 11) is 0. The molecule has 0 unspecified atom stereocenters. The second kappa shape index (κ2) is 7.06. The van der Waals surface area contributed by atoms with Gasteiger partial charge in [0.25, 0.3) is 0 Å². The molecule has 2 heteroatoms. The highest BCUT2D eigenvalue weighted by molar-refractivity contribution is 5.81. The van der Waals surface area contributed by atoms with Crippen LogP contribution in [0, 0.1) is 0 Å². The van der Waals surface area contributed by atoms with Crippen LogP contribution < -0.4 is 0 Å². The number of hydrogen-bond acceptors (Lipinski definition) is 2. The Morgan fingerprint density at radius 2 is 2.27 bits per heavy atom. The molecule has 0 bridgehead atoms. The summed E-state index contributed by atoms with van der Waals surface area (Å²) in [6.07, 6.45) is 7.15. The topological polar surface area (TPSA) is 26.3 Å². The normalized spacial score (nSPS) is 9.91. The third-order valence-electron chi connectivity index (χ3n) is 1.11. The zero-order chi connectivity index (χ0) is 8.53. The number of carbonyl (C=O) groups excluding carboxylic acids is 1. The average Bonchev–Trinajstić information content (AvgIpc) is 2.04. The Hall–Kier alpha value is -1.05. The largest absolute Gasteiger partial charge is 0.458 e. The van der Waals surface area contributed by atoms with E-state index in [-0.39, 0.29) is 5.97 Å². The van der Waals surface area contributed by atoms with Gasteiger partial charge in [-0.1, -0.05) is 32.1 Å². The molecule has 0 N–H and O–H groups in total. The number of ether oxygens (including phenoxy) is 1. The second-order valence-electron chi connectivity index (χ2n) is 2.09. The molecule has 0 fully saturated rings. The summed E-state index contributed by atoms with van der Waals surface area (Å²) in [5, 5.41) is 0. The van der Waals surface area contributed by atoms with Gasteiger partial charge in [0.15, 0.2) is 0 Å². The average molecular weight is 154 g/mol. The minimum Gasteiger partial charge on any atom is -0.458 e. The summed E-state index contributed by atoms with van der Waals surface area (Å²) in [5.41, 5.74) is 0. The summed E-state index contributed by atoms with van der Waals surface area (Å²) in [6, 6.07) is 0. The van der Waals surface area contributed by atoms with Gasteiger partial charge < -0.3 is 4.74 Å². The molecule has 62 valence electrons. The molecule has 0 spiro atoms. The smallest absolute Gasteiger partial charge is 0.330 e. The Morgan fingerprint density at radius 1 is 1.55 bits per heavy atom. The molecule has 2 nitrogen and oxygen atoms in total. The van der Waals surface area contributed by atoms with Crippen molar-refractivity contribution in [2.24, 2.45) is 0 Å². The van der Waals surface area contributed by atoms with Crippen LogP contribution in [0.15, 0.2) is 24.8 Å². The SMILES string of the molecule is C=CC(=O)OC/C=C/CCC. The fourth-order valence-corrected chi connectivity index (χ4v) is 0.542. The van der Waals surface area contributed by atoms with E-state index >= 15 is 0 Å². The Balaban J connectivity index is 3.26. The van der Waals surface area contributed by atoms with Gasteiger partial charge in [-0.3, -0.25) is 0 Å². The molecule has 0 aliphatic heterocycles. The first kappa shape index (κ1) is 9.95. The zero-order valence-corrected chi connectivity index (χ0v) is 6.88. The van der Waals surface area contributed by atoms with Crippen molar-refractivity contribution in [1.82, 2.24) is 0 Å². The fourth-order valence-electron chi connectivity index (χ4n) is 0.542. The highest BCUT2D eigenvalue weighted by Crippen LogP contribution is 1.88. The van der Waals surface area contributed by atoms with Crippen LogP contribution in [0.3, 0.4) is 0 Å². The monoisotopic (exact) mass is 154 g/mol. The van der Waals surface area contributed by atoms with Crippen molar-refractivity contribution in [3.8, 4) is 0 Å². The second-order valence-corrected chi connectivity index (χ2v) is 2.09. The van der Waals surface area contributed by atoms with Gasteiger partial charge in [-0.25, -0.2) is 4.79 Å². The van der Waals surface area contributed by atoms with E-state index in [4.69, 9.17) is 4.74 Å². The van der Waals surface area contributed by atoms with E-state index < -0.39 is 0 Å². The third-order valence-corrected chi connectivity index (χ3v) is 1.11. The molecule has 0 atom stereocenters. The summed E-state index contributed by atoms with van der Waals surface area (Å²) >= 11 is 0. The minimum atomic E-state index is -0.369. The Labute approximate surface area is 67.6 Å². The lowest BCUT2D eigenvalue weighted by Gasteiger charge is -1.94. The first-order valence-corrected chi connectivity index (χ1v) is 3.75. The summed E-state index contributed by atoms with van der Waals surface area (Å²) in [6.45, 7) is 5.73. The number of unbranched alkanes of at least 4 members (excludes halogenated alkanes) is 1. The lowest BCUT2D eigenvalue weighted by Crippen LogP contribution is -1.98. The molecule has 0 aliphatic rings. The van der Waals surface area contributed by atoms with Crippen LogP contribution in [0.5, 0.6) is 0 Å². The minimum absolute atomic E-state index is 0.352. The molecule has 0 saturated heterocycles. The van der Waals surface area contributed by atoms with E-state index in [1.807, 2.05) is 12.2 Å². The van der Waals surface area contributed by atoms with Gasteiger partial charge in [0.2, 0.25) is 0 Å². The number of esters is 1. The number of rotatable bonds is 5. The predicted octanol–water partition coefficient (Wildman–Crippen LogP) is 2.07. The maximum atomic E-state index is 10.5. The van der Waals surface area contributed by atoms with Gasteiger partial charge in [-0.15, -0.1) is 0 Å². The quantitative estimate of drug-likeness (QED) is 0.344. The van der Waals surface area contributed by atoms with E-state index in [0.29, 0.717) is 6.61 Å². The molecule has 0 radical (unpaired) electrons. The van der Waals surface area contributed by atoms with E-state index in [1.54, 1.807) is 0 Å². The Kier molecular flexibility index (Phi) is 6.39. The fraction of sp³-hybridized carbons (Fsp3) is 0.444. The molecular formula is C9H14O2. The molecular weight excluding hydrogens is 140 g/mol. The van der Waals surface area contributed by atoms with Crippen molar-refractivity contribution in [3.05, 3.63) is 24.8 Å². The van der Waals surface area contributed by atoms with Crippen molar-refractivity contribution in [3.63, 3.8) is 0 Å². The molecule has 0 rings (SSSR count). The van der Waals surface area contributed by atoms with Crippen LogP contribution >= 0.6 is 0 Å². The van der Waals surface area contributed by atoms with Crippen LogP contribution in [0.2, 0.25) is 0 Å². The molecule has 0 heterocycles. The van der Waals surface area contributed by atoms with Gasteiger partial charge in [-0.05, 0) is 6.42 Å². The number of hydrogen-bond donors (Lipinski definition) is 0. The van der Waals surface area contributed by atoms with Crippen molar-refractivity contribution < 1.29 is 9.53 Å². The first-order valence-electron chi connectivity index (χ1n) is 3.75. The Morgan fingerprint density at radius 3 is 2.82 bits per heavy atom. The Bertz CT molecular complexity index is 148. The lowest BCUT2D eigenvalue weighted by atomic mass is 10.3.